The zero-order valence-corrected chi connectivity index (χ0v) is 18.4. The summed E-state index contributed by atoms with van der Waals surface area (Å²) in [5.41, 5.74) is 1.94. The summed E-state index contributed by atoms with van der Waals surface area (Å²) >= 11 is 0. The van der Waals surface area contributed by atoms with Crippen LogP contribution in [-0.2, 0) is 4.74 Å². The van der Waals surface area contributed by atoms with Crippen LogP contribution in [0.5, 0.6) is 5.88 Å². The van der Waals surface area contributed by atoms with Gasteiger partial charge < -0.3 is 20.1 Å². The quantitative estimate of drug-likeness (QED) is 0.279. The van der Waals surface area contributed by atoms with Crippen molar-refractivity contribution in [3.8, 4) is 17.3 Å². The second kappa shape index (κ2) is 9.46. The number of nitrogens with one attached hydrogen (secondary N) is 3. The molecule has 0 aliphatic carbocycles. The number of methoxy groups -OCH3 is 1. The molecule has 13 heteroatoms. The van der Waals surface area contributed by atoms with Crippen LogP contribution in [0.4, 0.5) is 23.3 Å². The Kier molecular flexibility index (Phi) is 5.90. The number of hydrogen-bond acceptors (Lipinski definition) is 11. The predicted octanol–water partition coefficient (Wildman–Crippen LogP) is 2.52. The molecule has 0 saturated carbocycles. The molecular formula is C21H21N11O2. The van der Waals surface area contributed by atoms with E-state index in [0.717, 1.165) is 0 Å². The number of nitrogens with zero attached hydrogens (tertiary/aromatic N) is 8. The highest BCUT2D eigenvalue weighted by atomic mass is 16.5. The van der Waals surface area contributed by atoms with E-state index in [4.69, 9.17) is 9.47 Å². The number of aromatic nitrogens is 9. The number of rotatable bonds is 9. The smallest absolute Gasteiger partial charge is 0.218 e. The minimum Gasteiger partial charge on any atom is -0.475 e. The number of aryl methyl sites for hydroxylation is 1. The highest BCUT2D eigenvalue weighted by molar-refractivity contribution is 5.78. The van der Waals surface area contributed by atoms with Crippen molar-refractivity contribution in [2.45, 2.75) is 6.92 Å². The lowest BCUT2D eigenvalue weighted by Gasteiger charge is -2.10. The third-order valence-electron chi connectivity index (χ3n) is 4.66. The Morgan fingerprint density at radius 2 is 1.94 bits per heavy atom. The molecule has 172 valence electrons. The monoisotopic (exact) mass is 459 g/mol. The van der Waals surface area contributed by atoms with Gasteiger partial charge in [0, 0.05) is 37.7 Å². The second-order valence-corrected chi connectivity index (χ2v) is 7.08. The van der Waals surface area contributed by atoms with Crippen LogP contribution >= 0.6 is 0 Å². The fourth-order valence-corrected chi connectivity index (χ4v) is 3.26. The summed E-state index contributed by atoms with van der Waals surface area (Å²) in [5, 5.41) is 17.8. The summed E-state index contributed by atoms with van der Waals surface area (Å²) in [4.78, 5) is 22.2. The van der Waals surface area contributed by atoms with Crippen LogP contribution in [0.25, 0.3) is 17.0 Å². The molecule has 13 nitrogen and oxygen atoms in total. The topological polar surface area (TPSA) is 153 Å². The Bertz CT molecular complexity index is 1400. The molecule has 34 heavy (non-hydrogen) atoms. The zero-order chi connectivity index (χ0) is 23.3. The molecule has 0 aromatic carbocycles. The average Bonchev–Trinajstić information content (AvgIpc) is 3.47. The van der Waals surface area contributed by atoms with Gasteiger partial charge in [0.1, 0.15) is 36.1 Å². The van der Waals surface area contributed by atoms with Gasteiger partial charge in [0.25, 0.3) is 0 Å². The average molecular weight is 459 g/mol. The van der Waals surface area contributed by atoms with Gasteiger partial charge in [0.05, 0.1) is 12.3 Å². The fourth-order valence-electron chi connectivity index (χ4n) is 3.26. The molecule has 5 heterocycles. The van der Waals surface area contributed by atoms with Gasteiger partial charge >= 0.3 is 0 Å². The molecule has 5 rings (SSSR count). The van der Waals surface area contributed by atoms with E-state index in [0.29, 0.717) is 65.2 Å². The second-order valence-electron chi connectivity index (χ2n) is 7.08. The molecule has 5 aromatic rings. The fraction of sp³-hybridized carbons (Fsp3) is 0.190. The highest BCUT2D eigenvalue weighted by Gasteiger charge is 2.19. The summed E-state index contributed by atoms with van der Waals surface area (Å²) in [5.74, 6) is 3.24. The minimum atomic E-state index is 0.386. The molecule has 0 spiro atoms. The number of anilines is 4. The first-order chi connectivity index (χ1) is 16.7. The molecule has 0 unspecified atom stereocenters. The molecule has 0 aliphatic rings. The van der Waals surface area contributed by atoms with Crippen LogP contribution in [0, 0.1) is 6.92 Å². The number of hydrogen-bond donors (Lipinski definition) is 3. The molecular weight excluding hydrogens is 438 g/mol. The first-order valence-corrected chi connectivity index (χ1v) is 10.4. The lowest BCUT2D eigenvalue weighted by Crippen LogP contribution is -2.06. The number of aromatic amines is 1. The number of ether oxygens (including phenoxy) is 2. The van der Waals surface area contributed by atoms with E-state index >= 15 is 0 Å². The van der Waals surface area contributed by atoms with Gasteiger partial charge in [-0.05, 0) is 19.1 Å². The first kappa shape index (κ1) is 21.2. The van der Waals surface area contributed by atoms with Crippen molar-refractivity contribution in [3.63, 3.8) is 0 Å². The third kappa shape index (κ3) is 4.59. The van der Waals surface area contributed by atoms with E-state index < -0.39 is 0 Å². The van der Waals surface area contributed by atoms with Crippen molar-refractivity contribution in [2.75, 3.05) is 31.0 Å². The van der Waals surface area contributed by atoms with Crippen LogP contribution in [-0.4, -0.2) is 65.1 Å². The predicted molar refractivity (Wildman–Crippen MR) is 123 cm³/mol. The van der Waals surface area contributed by atoms with Crippen molar-refractivity contribution in [1.82, 2.24) is 44.7 Å². The summed E-state index contributed by atoms with van der Waals surface area (Å²) in [6, 6.07) is 8.98. The van der Waals surface area contributed by atoms with Crippen molar-refractivity contribution < 1.29 is 9.47 Å². The lowest BCUT2D eigenvalue weighted by molar-refractivity contribution is 0.143. The highest BCUT2D eigenvalue weighted by Crippen LogP contribution is 2.30. The lowest BCUT2D eigenvalue weighted by atomic mass is 10.2. The Hall–Kier alpha value is -4.65. The van der Waals surface area contributed by atoms with Crippen molar-refractivity contribution in [2.24, 2.45) is 0 Å². The molecule has 5 aromatic heterocycles. The maximum atomic E-state index is 5.56. The standard InChI is InChI=1S/C21H21N11O2/c1-13-26-14(10-17(27-13)28-16-11-19(23-12-22-16)34-9-8-33-2)20-21(29-15-5-7-24-31-15)30-18-4-3-6-25-32(18)20/h3-7,10-12H,8-9H2,1-2H3,(H2,24,29,31)(H,22,23,26,27,28). The first-order valence-electron chi connectivity index (χ1n) is 10.4. The minimum absolute atomic E-state index is 0.386. The summed E-state index contributed by atoms with van der Waals surface area (Å²) in [6.45, 7) is 2.66. The van der Waals surface area contributed by atoms with Crippen molar-refractivity contribution >= 4 is 28.9 Å². The van der Waals surface area contributed by atoms with Crippen LogP contribution in [0.15, 0.2) is 49.1 Å². The van der Waals surface area contributed by atoms with Crippen molar-refractivity contribution in [3.05, 3.63) is 54.9 Å². The van der Waals surface area contributed by atoms with E-state index in [1.54, 1.807) is 42.2 Å². The molecule has 0 saturated heterocycles. The van der Waals surface area contributed by atoms with Crippen LogP contribution in [0.2, 0.25) is 0 Å². The molecule has 0 atom stereocenters. The zero-order valence-electron chi connectivity index (χ0n) is 18.4. The maximum absolute atomic E-state index is 5.56. The van der Waals surface area contributed by atoms with Crippen molar-refractivity contribution in [1.29, 1.82) is 0 Å². The van der Waals surface area contributed by atoms with Gasteiger partial charge in [-0.15, -0.1) is 0 Å². The van der Waals surface area contributed by atoms with Gasteiger partial charge in [-0.3, -0.25) is 5.10 Å². The molecule has 0 fully saturated rings. The third-order valence-corrected chi connectivity index (χ3v) is 4.66. The van der Waals surface area contributed by atoms with E-state index in [-0.39, 0.29) is 0 Å². The normalized spacial score (nSPS) is 11.0. The maximum Gasteiger partial charge on any atom is 0.218 e. The molecule has 0 aliphatic heterocycles. The van der Waals surface area contributed by atoms with Gasteiger partial charge in [0.15, 0.2) is 17.3 Å². The summed E-state index contributed by atoms with van der Waals surface area (Å²) in [7, 11) is 1.61. The number of H-pyrrole nitrogens is 1. The molecule has 0 radical (unpaired) electrons. The Morgan fingerprint density at radius 1 is 1.00 bits per heavy atom. The SMILES string of the molecule is COCCOc1cc(Nc2cc(-c3c(Nc4cc[nH]n4)nc4cccnn34)nc(C)n2)ncn1. The van der Waals surface area contributed by atoms with E-state index in [1.165, 1.54) is 6.33 Å². The van der Waals surface area contributed by atoms with Gasteiger partial charge in [0.2, 0.25) is 5.88 Å². The van der Waals surface area contributed by atoms with Crippen LogP contribution < -0.4 is 15.4 Å². The summed E-state index contributed by atoms with van der Waals surface area (Å²) in [6.07, 6.45) is 4.83. The van der Waals surface area contributed by atoms with E-state index in [2.05, 4.69) is 50.8 Å². The van der Waals surface area contributed by atoms with E-state index in [1.807, 2.05) is 19.1 Å². The number of fused-ring (bicyclic) bond motifs is 1. The van der Waals surface area contributed by atoms with Crippen LogP contribution in [0.3, 0.4) is 0 Å². The number of imidazole rings is 1. The largest absolute Gasteiger partial charge is 0.475 e. The Labute approximate surface area is 193 Å². The molecule has 0 bridgehead atoms. The summed E-state index contributed by atoms with van der Waals surface area (Å²) < 4.78 is 12.3. The molecule has 0 amide bonds. The van der Waals surface area contributed by atoms with E-state index in [9.17, 15) is 0 Å². The van der Waals surface area contributed by atoms with Gasteiger partial charge in [-0.25, -0.2) is 29.4 Å². The molecule has 3 N–H and O–H groups in total. The van der Waals surface area contributed by atoms with Crippen LogP contribution in [0.1, 0.15) is 5.82 Å². The van der Waals surface area contributed by atoms with Gasteiger partial charge in [-0.2, -0.15) is 10.2 Å². The Balaban J connectivity index is 1.49. The van der Waals surface area contributed by atoms with Gasteiger partial charge in [-0.1, -0.05) is 0 Å². The Morgan fingerprint density at radius 3 is 2.79 bits per heavy atom.